The second-order valence-corrected chi connectivity index (χ2v) is 7.33. The predicted molar refractivity (Wildman–Crippen MR) is 104 cm³/mol. The van der Waals surface area contributed by atoms with Crippen LogP contribution in [0.1, 0.15) is 48.9 Å². The summed E-state index contributed by atoms with van der Waals surface area (Å²) in [5.41, 5.74) is 0.683. The molecule has 0 atom stereocenters. The Morgan fingerprint density at radius 1 is 1.00 bits per heavy atom. The normalized spacial score (nSPS) is 18.4. The number of carbonyl (C=O) groups is 1. The van der Waals surface area contributed by atoms with E-state index in [2.05, 4.69) is 20.2 Å². The van der Waals surface area contributed by atoms with Crippen LogP contribution < -0.4 is 15.0 Å². The maximum absolute atomic E-state index is 12.5. The molecule has 6 heteroatoms. The number of hydrogen-bond acceptors (Lipinski definition) is 5. The van der Waals surface area contributed by atoms with Crippen molar-refractivity contribution in [1.29, 1.82) is 0 Å². The lowest BCUT2D eigenvalue weighted by Gasteiger charge is -2.32. The third-order valence-electron chi connectivity index (χ3n) is 5.39. The Hall–Kier alpha value is -2.63. The fourth-order valence-corrected chi connectivity index (χ4v) is 3.83. The number of carbonyl (C=O) groups excluding carboxylic acids is 1. The summed E-state index contributed by atoms with van der Waals surface area (Å²) in [6.45, 7) is 1.70. The van der Waals surface area contributed by atoms with Gasteiger partial charge in [-0.2, -0.15) is 0 Å². The van der Waals surface area contributed by atoms with Crippen LogP contribution in [0, 0.1) is 0 Å². The molecule has 2 fully saturated rings. The summed E-state index contributed by atoms with van der Waals surface area (Å²) in [4.78, 5) is 23.3. The van der Waals surface area contributed by atoms with Gasteiger partial charge in [0.1, 0.15) is 5.75 Å². The zero-order chi connectivity index (χ0) is 18.5. The standard InChI is InChI=1S/C21H26N4O2/c26-20(16-6-8-19(9-7-16)27-18-4-1-2-5-18)24-17-10-14-25(15-11-17)21-22-12-3-13-23-21/h3,6-9,12-13,17-18H,1-2,4-5,10-11,14-15H2,(H,24,26). The molecular formula is C21H26N4O2. The highest BCUT2D eigenvalue weighted by Crippen LogP contribution is 2.24. The van der Waals surface area contributed by atoms with Gasteiger partial charge in [-0.1, -0.05) is 0 Å². The van der Waals surface area contributed by atoms with E-state index in [9.17, 15) is 4.79 Å². The van der Waals surface area contributed by atoms with Gasteiger partial charge in [0.05, 0.1) is 6.10 Å². The molecule has 6 nitrogen and oxygen atoms in total. The first kappa shape index (κ1) is 17.8. The Balaban J connectivity index is 1.26. The van der Waals surface area contributed by atoms with Crippen molar-refractivity contribution in [2.75, 3.05) is 18.0 Å². The SMILES string of the molecule is O=C(NC1CCN(c2ncccn2)CC1)c1ccc(OC2CCCC2)cc1. The zero-order valence-corrected chi connectivity index (χ0v) is 15.5. The highest BCUT2D eigenvalue weighted by Gasteiger charge is 2.22. The molecular weight excluding hydrogens is 340 g/mol. The summed E-state index contributed by atoms with van der Waals surface area (Å²) < 4.78 is 5.96. The summed E-state index contributed by atoms with van der Waals surface area (Å²) in [6, 6.07) is 9.53. The lowest BCUT2D eigenvalue weighted by molar-refractivity contribution is 0.0931. The van der Waals surface area contributed by atoms with Gasteiger partial charge in [0, 0.05) is 37.1 Å². The molecule has 2 heterocycles. The van der Waals surface area contributed by atoms with Crippen LogP contribution >= 0.6 is 0 Å². The van der Waals surface area contributed by atoms with Gasteiger partial charge in [0.2, 0.25) is 5.95 Å². The smallest absolute Gasteiger partial charge is 0.251 e. The van der Waals surface area contributed by atoms with E-state index in [1.807, 2.05) is 30.3 Å². The molecule has 1 aromatic carbocycles. The fourth-order valence-electron chi connectivity index (χ4n) is 3.83. The summed E-state index contributed by atoms with van der Waals surface area (Å²) in [5, 5.41) is 3.15. The molecule has 1 aliphatic heterocycles. The number of rotatable bonds is 5. The lowest BCUT2D eigenvalue weighted by Crippen LogP contribution is -2.45. The zero-order valence-electron chi connectivity index (χ0n) is 15.5. The lowest BCUT2D eigenvalue weighted by atomic mass is 10.0. The topological polar surface area (TPSA) is 67.4 Å². The van der Waals surface area contributed by atoms with Crippen molar-refractivity contribution in [3.63, 3.8) is 0 Å². The monoisotopic (exact) mass is 366 g/mol. The molecule has 27 heavy (non-hydrogen) atoms. The number of benzene rings is 1. The van der Waals surface area contributed by atoms with Crippen molar-refractivity contribution < 1.29 is 9.53 Å². The van der Waals surface area contributed by atoms with Crippen molar-refractivity contribution in [3.05, 3.63) is 48.3 Å². The quantitative estimate of drug-likeness (QED) is 0.880. The summed E-state index contributed by atoms with van der Waals surface area (Å²) >= 11 is 0. The Labute approximate surface area is 160 Å². The Morgan fingerprint density at radius 2 is 1.67 bits per heavy atom. The maximum atomic E-state index is 12.5. The molecule has 0 unspecified atom stereocenters. The molecule has 1 saturated heterocycles. The highest BCUT2D eigenvalue weighted by atomic mass is 16.5. The van der Waals surface area contributed by atoms with Gasteiger partial charge in [0.25, 0.3) is 5.91 Å². The van der Waals surface area contributed by atoms with Crippen LogP contribution in [0.2, 0.25) is 0 Å². The van der Waals surface area contributed by atoms with Crippen LogP contribution in [0.15, 0.2) is 42.7 Å². The molecule has 2 aliphatic rings. The first-order valence-corrected chi connectivity index (χ1v) is 9.87. The van der Waals surface area contributed by atoms with Gasteiger partial charge in [-0.3, -0.25) is 4.79 Å². The summed E-state index contributed by atoms with van der Waals surface area (Å²) in [6.07, 6.45) is 10.4. The second kappa shape index (κ2) is 8.37. The number of ether oxygens (including phenoxy) is 1. The molecule has 1 aliphatic carbocycles. The van der Waals surface area contributed by atoms with Crippen LogP contribution in [0.25, 0.3) is 0 Å². The number of piperidine rings is 1. The third-order valence-corrected chi connectivity index (χ3v) is 5.39. The fraction of sp³-hybridized carbons (Fsp3) is 0.476. The number of nitrogens with zero attached hydrogens (tertiary/aromatic N) is 3. The van der Waals surface area contributed by atoms with E-state index >= 15 is 0 Å². The van der Waals surface area contributed by atoms with Gasteiger partial charge in [-0.15, -0.1) is 0 Å². The van der Waals surface area contributed by atoms with Gasteiger partial charge >= 0.3 is 0 Å². The van der Waals surface area contributed by atoms with E-state index in [0.717, 1.165) is 50.5 Å². The number of amides is 1. The first-order valence-electron chi connectivity index (χ1n) is 9.87. The number of nitrogens with one attached hydrogen (secondary N) is 1. The number of aromatic nitrogens is 2. The molecule has 1 amide bonds. The van der Waals surface area contributed by atoms with Crippen molar-refractivity contribution >= 4 is 11.9 Å². The van der Waals surface area contributed by atoms with E-state index in [4.69, 9.17) is 4.74 Å². The van der Waals surface area contributed by atoms with Crippen LogP contribution in [-0.4, -0.2) is 41.1 Å². The molecule has 142 valence electrons. The molecule has 2 aromatic rings. The molecule has 1 saturated carbocycles. The molecule has 0 spiro atoms. The Morgan fingerprint density at radius 3 is 2.33 bits per heavy atom. The number of anilines is 1. The molecule has 4 rings (SSSR count). The van der Waals surface area contributed by atoms with Crippen molar-refractivity contribution in [2.24, 2.45) is 0 Å². The Bertz CT molecular complexity index is 737. The first-order chi connectivity index (χ1) is 13.3. The second-order valence-electron chi connectivity index (χ2n) is 7.33. The van der Waals surface area contributed by atoms with Crippen molar-refractivity contribution in [2.45, 2.75) is 50.7 Å². The van der Waals surface area contributed by atoms with Gasteiger partial charge in [-0.05, 0) is 68.9 Å². The molecule has 1 N–H and O–H groups in total. The minimum absolute atomic E-state index is 0.0168. The predicted octanol–water partition coefficient (Wildman–Crippen LogP) is 3.20. The van der Waals surface area contributed by atoms with E-state index in [0.29, 0.717) is 11.7 Å². The van der Waals surface area contributed by atoms with Gasteiger partial charge in [0.15, 0.2) is 0 Å². The van der Waals surface area contributed by atoms with Gasteiger partial charge in [-0.25, -0.2) is 9.97 Å². The molecule has 1 aromatic heterocycles. The minimum atomic E-state index is -0.0168. The average Bonchev–Trinajstić information content (AvgIpc) is 3.23. The molecule has 0 bridgehead atoms. The van der Waals surface area contributed by atoms with Gasteiger partial charge < -0.3 is 15.0 Å². The minimum Gasteiger partial charge on any atom is -0.490 e. The largest absolute Gasteiger partial charge is 0.490 e. The number of hydrogen-bond donors (Lipinski definition) is 1. The van der Waals surface area contributed by atoms with E-state index in [1.54, 1.807) is 12.4 Å². The average molecular weight is 366 g/mol. The highest BCUT2D eigenvalue weighted by molar-refractivity contribution is 5.94. The van der Waals surface area contributed by atoms with Crippen LogP contribution in [0.5, 0.6) is 5.75 Å². The van der Waals surface area contributed by atoms with Crippen LogP contribution in [0.3, 0.4) is 0 Å². The summed E-state index contributed by atoms with van der Waals surface area (Å²) in [5.74, 6) is 1.60. The van der Waals surface area contributed by atoms with E-state index in [1.165, 1.54) is 12.8 Å². The Kier molecular flexibility index (Phi) is 5.51. The molecule has 0 radical (unpaired) electrons. The summed E-state index contributed by atoms with van der Waals surface area (Å²) in [7, 11) is 0. The van der Waals surface area contributed by atoms with Crippen molar-refractivity contribution in [3.8, 4) is 5.75 Å². The maximum Gasteiger partial charge on any atom is 0.251 e. The van der Waals surface area contributed by atoms with Crippen LogP contribution in [-0.2, 0) is 0 Å². The van der Waals surface area contributed by atoms with Crippen LogP contribution in [0.4, 0.5) is 5.95 Å². The van der Waals surface area contributed by atoms with Crippen molar-refractivity contribution in [1.82, 2.24) is 15.3 Å². The third kappa shape index (κ3) is 4.56. The van der Waals surface area contributed by atoms with E-state index in [-0.39, 0.29) is 11.9 Å². The van der Waals surface area contributed by atoms with E-state index < -0.39 is 0 Å².